The lowest BCUT2D eigenvalue weighted by Crippen LogP contribution is -2.00. The third-order valence-corrected chi connectivity index (χ3v) is 10.2. The Balaban J connectivity index is 0.992. The molecule has 7 nitrogen and oxygen atoms in total. The van der Waals surface area contributed by atoms with Crippen molar-refractivity contribution in [1.29, 1.82) is 0 Å². The zero-order valence-corrected chi connectivity index (χ0v) is 29.8. The van der Waals surface area contributed by atoms with Gasteiger partial charge in [-0.2, -0.15) is 0 Å². The van der Waals surface area contributed by atoms with Crippen molar-refractivity contribution in [3.8, 4) is 67.9 Å². The molecule has 262 valence electrons. The van der Waals surface area contributed by atoms with E-state index in [0.29, 0.717) is 28.9 Å². The Labute approximate surface area is 320 Å². The van der Waals surface area contributed by atoms with E-state index in [1.54, 1.807) is 0 Å². The zero-order valence-electron chi connectivity index (χ0n) is 29.8. The molecule has 0 bridgehead atoms. The van der Waals surface area contributed by atoms with Crippen LogP contribution < -0.4 is 0 Å². The SMILES string of the molecule is c1ccc(-c2nc(-c3ccccc3)nc(-c3ccc(-c4ccc5c(c4)oc4cccc(-c6nc(-c7ccccc7)c7oc8ccccc8c7n6)c45)cc3)n2)cc1. The summed E-state index contributed by atoms with van der Waals surface area (Å²) in [6, 6.07) is 58.9. The van der Waals surface area contributed by atoms with Crippen molar-refractivity contribution in [3.63, 3.8) is 0 Å². The van der Waals surface area contributed by atoms with Gasteiger partial charge in [0.25, 0.3) is 0 Å². The summed E-state index contributed by atoms with van der Waals surface area (Å²) in [7, 11) is 0. The Bertz CT molecular complexity index is 3170. The molecule has 11 aromatic rings. The van der Waals surface area contributed by atoms with Gasteiger partial charge in [0.15, 0.2) is 28.9 Å². The fourth-order valence-electron chi connectivity index (χ4n) is 7.44. The van der Waals surface area contributed by atoms with Crippen LogP contribution in [0.4, 0.5) is 0 Å². The maximum atomic E-state index is 6.54. The van der Waals surface area contributed by atoms with Gasteiger partial charge in [-0.25, -0.2) is 24.9 Å². The second kappa shape index (κ2) is 13.0. The highest BCUT2D eigenvalue weighted by molar-refractivity contribution is 6.13. The molecule has 0 atom stereocenters. The number of hydrogen-bond acceptors (Lipinski definition) is 7. The molecule has 0 saturated carbocycles. The molecule has 0 fully saturated rings. The fourth-order valence-corrected chi connectivity index (χ4v) is 7.44. The highest BCUT2D eigenvalue weighted by atomic mass is 16.3. The van der Waals surface area contributed by atoms with Crippen LogP contribution in [-0.4, -0.2) is 24.9 Å². The first-order chi connectivity index (χ1) is 27.7. The summed E-state index contributed by atoms with van der Waals surface area (Å²) in [5, 5.41) is 2.91. The fraction of sp³-hybridized carbons (Fsp3) is 0. The van der Waals surface area contributed by atoms with Crippen molar-refractivity contribution in [2.24, 2.45) is 0 Å². The zero-order chi connectivity index (χ0) is 37.0. The van der Waals surface area contributed by atoms with E-state index in [4.69, 9.17) is 33.8 Å². The van der Waals surface area contributed by atoms with Gasteiger partial charge in [-0.15, -0.1) is 0 Å². The second-order valence-electron chi connectivity index (χ2n) is 13.6. The lowest BCUT2D eigenvalue weighted by molar-refractivity contribution is 0.667. The number of para-hydroxylation sites is 1. The minimum Gasteiger partial charge on any atom is -0.456 e. The molecule has 0 aliphatic heterocycles. The molecule has 0 amide bonds. The van der Waals surface area contributed by atoms with Crippen molar-refractivity contribution < 1.29 is 8.83 Å². The minimum absolute atomic E-state index is 0.611. The first kappa shape index (κ1) is 31.7. The van der Waals surface area contributed by atoms with Crippen LogP contribution in [0.3, 0.4) is 0 Å². The van der Waals surface area contributed by atoms with Gasteiger partial charge >= 0.3 is 0 Å². The van der Waals surface area contributed by atoms with Gasteiger partial charge < -0.3 is 8.83 Å². The van der Waals surface area contributed by atoms with Crippen molar-refractivity contribution in [2.45, 2.75) is 0 Å². The summed E-state index contributed by atoms with van der Waals surface area (Å²) in [6.45, 7) is 0. The number of hydrogen-bond donors (Lipinski definition) is 0. The Morgan fingerprint density at radius 1 is 0.321 bits per heavy atom. The maximum Gasteiger partial charge on any atom is 0.180 e. The van der Waals surface area contributed by atoms with Gasteiger partial charge in [0.05, 0.1) is 0 Å². The number of rotatable bonds is 6. The van der Waals surface area contributed by atoms with E-state index in [0.717, 1.165) is 83.1 Å². The first-order valence-corrected chi connectivity index (χ1v) is 18.4. The number of benzene rings is 7. The average Bonchev–Trinajstić information content (AvgIpc) is 3.85. The number of fused-ring (bicyclic) bond motifs is 6. The van der Waals surface area contributed by atoms with Gasteiger partial charge in [-0.3, -0.25) is 0 Å². The molecular formula is C49H29N5O2. The molecule has 56 heavy (non-hydrogen) atoms. The van der Waals surface area contributed by atoms with Crippen LogP contribution in [0.15, 0.2) is 185 Å². The largest absolute Gasteiger partial charge is 0.456 e. The van der Waals surface area contributed by atoms with Crippen molar-refractivity contribution >= 4 is 44.0 Å². The Kier molecular flexibility index (Phi) is 7.35. The predicted molar refractivity (Wildman–Crippen MR) is 223 cm³/mol. The highest BCUT2D eigenvalue weighted by Crippen LogP contribution is 2.40. The number of nitrogens with zero attached hydrogens (tertiary/aromatic N) is 5. The maximum absolute atomic E-state index is 6.54. The van der Waals surface area contributed by atoms with Gasteiger partial charge in [0.2, 0.25) is 0 Å². The standard InChI is InChI=1S/C49H29N5O2/c1-4-13-31(14-5-1)43-45-44(37-19-10-11-21-39(37)56-45)51-49(50-43)38-20-12-22-40-42(38)36-28-27-35(29-41(36)55-40)30-23-25-34(26-24-30)48-53-46(32-15-6-2-7-16-32)52-47(54-48)33-17-8-3-9-18-33/h1-29H. The molecule has 0 aliphatic carbocycles. The van der Waals surface area contributed by atoms with Crippen LogP contribution in [0.1, 0.15) is 0 Å². The van der Waals surface area contributed by atoms with E-state index < -0.39 is 0 Å². The quantitative estimate of drug-likeness (QED) is 0.169. The summed E-state index contributed by atoms with van der Waals surface area (Å²) in [5.41, 5.74) is 11.2. The summed E-state index contributed by atoms with van der Waals surface area (Å²) >= 11 is 0. The Morgan fingerprint density at radius 3 is 1.55 bits per heavy atom. The molecule has 11 rings (SSSR count). The number of furan rings is 2. The van der Waals surface area contributed by atoms with E-state index >= 15 is 0 Å². The molecule has 4 heterocycles. The van der Waals surface area contributed by atoms with Crippen molar-refractivity contribution in [3.05, 3.63) is 176 Å². The second-order valence-corrected chi connectivity index (χ2v) is 13.6. The van der Waals surface area contributed by atoms with Crippen LogP contribution in [0.5, 0.6) is 0 Å². The normalized spacial score (nSPS) is 11.6. The topological polar surface area (TPSA) is 90.7 Å². The molecule has 0 aliphatic rings. The first-order valence-electron chi connectivity index (χ1n) is 18.4. The lowest BCUT2D eigenvalue weighted by Gasteiger charge is -2.09. The van der Waals surface area contributed by atoms with Gasteiger partial charge in [0.1, 0.15) is 28.0 Å². The molecule has 0 radical (unpaired) electrons. The van der Waals surface area contributed by atoms with Gasteiger partial charge in [-0.1, -0.05) is 146 Å². The van der Waals surface area contributed by atoms with Crippen LogP contribution in [0.2, 0.25) is 0 Å². The third-order valence-electron chi connectivity index (χ3n) is 10.2. The monoisotopic (exact) mass is 719 g/mol. The summed E-state index contributed by atoms with van der Waals surface area (Å²) in [5.74, 6) is 2.49. The molecule has 0 N–H and O–H groups in total. The summed E-state index contributed by atoms with van der Waals surface area (Å²) in [6.07, 6.45) is 0. The van der Waals surface area contributed by atoms with E-state index in [9.17, 15) is 0 Å². The van der Waals surface area contributed by atoms with E-state index in [1.807, 2.05) is 115 Å². The van der Waals surface area contributed by atoms with Gasteiger partial charge in [0, 0.05) is 44.0 Å². The van der Waals surface area contributed by atoms with E-state index in [2.05, 4.69) is 60.7 Å². The van der Waals surface area contributed by atoms with Crippen LogP contribution in [-0.2, 0) is 0 Å². The lowest BCUT2D eigenvalue weighted by atomic mass is 10.0. The summed E-state index contributed by atoms with van der Waals surface area (Å²) in [4.78, 5) is 24.9. The smallest absolute Gasteiger partial charge is 0.180 e. The Morgan fingerprint density at radius 2 is 0.875 bits per heavy atom. The van der Waals surface area contributed by atoms with Crippen molar-refractivity contribution in [2.75, 3.05) is 0 Å². The molecule has 7 aromatic carbocycles. The molecular weight excluding hydrogens is 691 g/mol. The molecule has 0 unspecified atom stereocenters. The Hall–Kier alpha value is -7.77. The molecule has 0 saturated heterocycles. The van der Waals surface area contributed by atoms with Gasteiger partial charge in [-0.05, 0) is 41.5 Å². The number of aromatic nitrogens is 5. The molecule has 0 spiro atoms. The molecule has 4 aromatic heterocycles. The van der Waals surface area contributed by atoms with Crippen LogP contribution >= 0.6 is 0 Å². The van der Waals surface area contributed by atoms with Crippen molar-refractivity contribution in [1.82, 2.24) is 24.9 Å². The molecule has 7 heteroatoms. The van der Waals surface area contributed by atoms with Crippen LogP contribution in [0, 0.1) is 0 Å². The third kappa shape index (κ3) is 5.41. The average molecular weight is 720 g/mol. The highest BCUT2D eigenvalue weighted by Gasteiger charge is 2.21. The predicted octanol–water partition coefficient (Wildman–Crippen LogP) is 12.5. The van der Waals surface area contributed by atoms with E-state index in [1.165, 1.54) is 0 Å². The summed E-state index contributed by atoms with van der Waals surface area (Å²) < 4.78 is 12.9. The van der Waals surface area contributed by atoms with Crippen LogP contribution in [0.25, 0.3) is 112 Å². The minimum atomic E-state index is 0.611. The van der Waals surface area contributed by atoms with E-state index in [-0.39, 0.29) is 0 Å².